The molecule has 1 aliphatic rings. The van der Waals surface area contributed by atoms with Gasteiger partial charge in [-0.05, 0) is 38.2 Å². The third-order valence-corrected chi connectivity index (χ3v) is 6.86. The summed E-state index contributed by atoms with van der Waals surface area (Å²) in [5.74, 6) is 0.919. The molecule has 1 atom stereocenters. The van der Waals surface area contributed by atoms with Gasteiger partial charge in [-0.1, -0.05) is 25.1 Å². The van der Waals surface area contributed by atoms with E-state index < -0.39 is 0 Å². The summed E-state index contributed by atoms with van der Waals surface area (Å²) in [5.41, 5.74) is 0. The van der Waals surface area contributed by atoms with Gasteiger partial charge in [-0.25, -0.2) is 0 Å². The molecular formula is C19H32IN3OS2. The molecule has 4 nitrogen and oxygen atoms in total. The molecule has 1 fully saturated rings. The monoisotopic (exact) mass is 509 g/mol. The average Bonchev–Trinajstić information content (AvgIpc) is 2.65. The van der Waals surface area contributed by atoms with E-state index in [2.05, 4.69) is 61.1 Å². The van der Waals surface area contributed by atoms with E-state index in [1.807, 2.05) is 23.5 Å². The molecule has 7 heteroatoms. The number of hydrogen-bond acceptors (Lipinski definition) is 4. The van der Waals surface area contributed by atoms with Gasteiger partial charge in [0.25, 0.3) is 0 Å². The fourth-order valence-electron chi connectivity index (χ4n) is 2.75. The number of benzene rings is 1. The molecule has 26 heavy (non-hydrogen) atoms. The summed E-state index contributed by atoms with van der Waals surface area (Å²) >= 11 is 3.82. The topological polar surface area (TPSA) is 45.7 Å². The number of halogens is 1. The number of guanidine groups is 1. The Balaban J connectivity index is 0.00000338. The summed E-state index contributed by atoms with van der Waals surface area (Å²) in [7, 11) is 0. The van der Waals surface area contributed by atoms with E-state index in [9.17, 15) is 0 Å². The molecule has 0 aromatic heterocycles. The van der Waals surface area contributed by atoms with Crippen LogP contribution in [0.1, 0.15) is 26.7 Å². The number of hydrogen-bond donors (Lipinski definition) is 2. The molecular weight excluding hydrogens is 477 g/mol. The van der Waals surface area contributed by atoms with Crippen molar-refractivity contribution in [1.82, 2.24) is 10.6 Å². The fraction of sp³-hybridized carbons (Fsp3) is 0.632. The van der Waals surface area contributed by atoms with Crippen LogP contribution in [-0.4, -0.2) is 55.1 Å². The van der Waals surface area contributed by atoms with Crippen molar-refractivity contribution in [3.63, 3.8) is 0 Å². The average molecular weight is 510 g/mol. The number of aliphatic imine (C=N–C) groups is 1. The van der Waals surface area contributed by atoms with Crippen LogP contribution in [0, 0.1) is 0 Å². The van der Waals surface area contributed by atoms with Crippen LogP contribution in [0.3, 0.4) is 0 Å². The van der Waals surface area contributed by atoms with Crippen molar-refractivity contribution in [2.45, 2.75) is 41.6 Å². The Hall–Kier alpha value is -0.120. The molecule has 2 N–H and O–H groups in total. The largest absolute Gasteiger partial charge is 0.381 e. The number of rotatable bonds is 8. The third kappa shape index (κ3) is 8.27. The standard InChI is InChI=1S/C19H31N3OS2.HI/c1-4-20-18(22-15-19(24-3)10-12-23-13-11-19)21-14-16(2)25-17-8-6-5-7-9-17;/h5-9,16H,4,10-15H2,1-3H3,(H2,20,21,22);1H. The summed E-state index contributed by atoms with van der Waals surface area (Å²) in [6.07, 6.45) is 4.36. The first kappa shape index (κ1) is 23.9. The van der Waals surface area contributed by atoms with Crippen molar-refractivity contribution < 1.29 is 4.74 Å². The summed E-state index contributed by atoms with van der Waals surface area (Å²) in [4.78, 5) is 6.18. The van der Waals surface area contributed by atoms with Crippen LogP contribution in [0.15, 0.2) is 40.2 Å². The number of ether oxygens (including phenoxy) is 1. The van der Waals surface area contributed by atoms with Crippen LogP contribution in [0.4, 0.5) is 0 Å². The predicted octanol–water partition coefficient (Wildman–Crippen LogP) is 4.25. The highest BCUT2D eigenvalue weighted by atomic mass is 127. The van der Waals surface area contributed by atoms with Crippen LogP contribution >= 0.6 is 47.5 Å². The molecule has 1 aliphatic heterocycles. The summed E-state index contributed by atoms with van der Waals surface area (Å²) in [6.45, 7) is 8.67. The van der Waals surface area contributed by atoms with Crippen LogP contribution < -0.4 is 10.6 Å². The minimum Gasteiger partial charge on any atom is -0.381 e. The molecule has 0 amide bonds. The Kier molecular flexibility index (Phi) is 12.1. The van der Waals surface area contributed by atoms with Gasteiger partial charge in [-0.15, -0.1) is 35.7 Å². The highest BCUT2D eigenvalue weighted by molar-refractivity contribution is 14.0. The van der Waals surface area contributed by atoms with Crippen LogP contribution in [-0.2, 0) is 4.74 Å². The smallest absolute Gasteiger partial charge is 0.191 e. The fourth-order valence-corrected chi connectivity index (χ4v) is 4.46. The van der Waals surface area contributed by atoms with E-state index in [4.69, 9.17) is 9.73 Å². The molecule has 2 rings (SSSR count). The lowest BCUT2D eigenvalue weighted by atomic mass is 9.99. The molecule has 1 aromatic carbocycles. The molecule has 148 valence electrons. The quantitative estimate of drug-likeness (QED) is 0.238. The van der Waals surface area contributed by atoms with Crippen molar-refractivity contribution in [2.75, 3.05) is 39.1 Å². The predicted molar refractivity (Wildman–Crippen MR) is 127 cm³/mol. The normalized spacial score (nSPS) is 17.9. The minimum atomic E-state index is 0. The van der Waals surface area contributed by atoms with Gasteiger partial charge in [0.15, 0.2) is 5.96 Å². The molecule has 0 spiro atoms. The Labute approximate surface area is 184 Å². The van der Waals surface area contributed by atoms with Gasteiger partial charge in [0.1, 0.15) is 0 Å². The Morgan fingerprint density at radius 2 is 1.92 bits per heavy atom. The van der Waals surface area contributed by atoms with E-state index >= 15 is 0 Å². The molecule has 0 aliphatic carbocycles. The van der Waals surface area contributed by atoms with Crippen LogP contribution in [0.5, 0.6) is 0 Å². The molecule has 1 aromatic rings. The lowest BCUT2D eigenvalue weighted by molar-refractivity contribution is 0.0794. The van der Waals surface area contributed by atoms with Gasteiger partial charge in [0, 0.05) is 41.2 Å². The van der Waals surface area contributed by atoms with E-state index in [0.29, 0.717) is 5.25 Å². The van der Waals surface area contributed by atoms with Gasteiger partial charge < -0.3 is 15.4 Å². The lowest BCUT2D eigenvalue weighted by Gasteiger charge is -2.34. The Morgan fingerprint density at radius 3 is 2.54 bits per heavy atom. The van der Waals surface area contributed by atoms with Gasteiger partial charge in [0.05, 0.1) is 6.54 Å². The number of nitrogens with one attached hydrogen (secondary N) is 2. The highest BCUT2D eigenvalue weighted by Crippen LogP contribution is 2.34. The third-order valence-electron chi connectivity index (χ3n) is 4.34. The molecule has 1 heterocycles. The second kappa shape index (κ2) is 13.1. The molecule has 1 unspecified atom stereocenters. The van der Waals surface area contributed by atoms with Gasteiger partial charge in [-0.2, -0.15) is 11.8 Å². The first-order valence-electron chi connectivity index (χ1n) is 9.04. The summed E-state index contributed by atoms with van der Waals surface area (Å²) in [6, 6.07) is 10.6. The summed E-state index contributed by atoms with van der Waals surface area (Å²) < 4.78 is 5.75. The Bertz CT molecular complexity index is 525. The second-order valence-corrected chi connectivity index (χ2v) is 9.10. The van der Waals surface area contributed by atoms with Crippen molar-refractivity contribution in [2.24, 2.45) is 4.99 Å². The van der Waals surface area contributed by atoms with Crippen molar-refractivity contribution in [3.05, 3.63) is 30.3 Å². The zero-order chi connectivity index (χ0) is 18.0. The molecule has 0 radical (unpaired) electrons. The minimum absolute atomic E-state index is 0. The van der Waals surface area contributed by atoms with Crippen molar-refractivity contribution >= 4 is 53.5 Å². The van der Waals surface area contributed by atoms with Crippen molar-refractivity contribution in [3.8, 4) is 0 Å². The first-order chi connectivity index (χ1) is 12.2. The van der Waals surface area contributed by atoms with Crippen LogP contribution in [0.25, 0.3) is 0 Å². The van der Waals surface area contributed by atoms with Crippen molar-refractivity contribution in [1.29, 1.82) is 0 Å². The van der Waals surface area contributed by atoms with Gasteiger partial charge in [-0.3, -0.25) is 4.99 Å². The zero-order valence-corrected chi connectivity index (χ0v) is 20.0. The van der Waals surface area contributed by atoms with E-state index in [1.165, 1.54) is 4.90 Å². The maximum absolute atomic E-state index is 5.52. The van der Waals surface area contributed by atoms with Gasteiger partial charge in [0.2, 0.25) is 0 Å². The van der Waals surface area contributed by atoms with E-state index in [-0.39, 0.29) is 28.7 Å². The SMILES string of the molecule is CCNC(=NCC1(SC)CCOCC1)NCC(C)Sc1ccccc1.I. The van der Waals surface area contributed by atoms with E-state index in [0.717, 1.165) is 51.6 Å². The molecule has 0 saturated carbocycles. The van der Waals surface area contributed by atoms with Gasteiger partial charge >= 0.3 is 0 Å². The molecule has 1 saturated heterocycles. The lowest BCUT2D eigenvalue weighted by Crippen LogP contribution is -2.42. The molecule has 0 bridgehead atoms. The first-order valence-corrected chi connectivity index (χ1v) is 11.1. The zero-order valence-electron chi connectivity index (χ0n) is 16.0. The number of nitrogens with zero attached hydrogens (tertiary/aromatic N) is 1. The van der Waals surface area contributed by atoms with E-state index in [1.54, 1.807) is 0 Å². The van der Waals surface area contributed by atoms with Crippen LogP contribution in [0.2, 0.25) is 0 Å². The number of thioether (sulfide) groups is 2. The summed E-state index contributed by atoms with van der Waals surface area (Å²) in [5, 5.41) is 7.35. The maximum Gasteiger partial charge on any atom is 0.191 e. The highest BCUT2D eigenvalue weighted by Gasteiger charge is 2.31. The second-order valence-electron chi connectivity index (χ2n) is 6.32. The Morgan fingerprint density at radius 1 is 1.23 bits per heavy atom. The maximum atomic E-state index is 5.52.